The quantitative estimate of drug-likeness (QED) is 0.478. The summed E-state index contributed by atoms with van der Waals surface area (Å²) < 4.78 is 0. The van der Waals surface area contributed by atoms with E-state index in [-0.39, 0.29) is 22.0 Å². The van der Waals surface area contributed by atoms with Gasteiger partial charge < -0.3 is 21.1 Å². The summed E-state index contributed by atoms with van der Waals surface area (Å²) in [5.74, 6) is -0.849. The van der Waals surface area contributed by atoms with E-state index in [1.165, 1.54) is 0 Å². The van der Waals surface area contributed by atoms with E-state index in [0.717, 1.165) is 11.3 Å². The maximum absolute atomic E-state index is 10.7. The van der Waals surface area contributed by atoms with Crippen LogP contribution in [-0.2, 0) is 4.79 Å². The van der Waals surface area contributed by atoms with Crippen molar-refractivity contribution in [2.45, 2.75) is 6.42 Å². The Morgan fingerprint density at radius 3 is 2.25 bits per heavy atom. The van der Waals surface area contributed by atoms with Gasteiger partial charge in [0.25, 0.3) is 5.91 Å². The van der Waals surface area contributed by atoms with Crippen molar-refractivity contribution < 1.29 is 14.7 Å². The minimum Gasteiger partial charge on any atom is -0.481 e. The molecule has 5 N–H and O–H groups in total. The zero-order chi connectivity index (χ0) is 20.5. The Morgan fingerprint density at radius 1 is 1.07 bits per heavy atom. The van der Waals surface area contributed by atoms with Gasteiger partial charge in [-0.1, -0.05) is 59.6 Å². The monoisotopic (exact) mass is 420 g/mol. The number of nitrogens with zero attached hydrogens (tertiary/aromatic N) is 1. The number of carbonyl (C=O) groups is 2. The number of halogens is 2. The topological polar surface area (TPSA) is 121 Å². The molecule has 28 heavy (non-hydrogen) atoms. The van der Waals surface area contributed by atoms with Gasteiger partial charge in [-0.3, -0.25) is 9.59 Å². The Hall–Kier alpha value is -3.03. The van der Waals surface area contributed by atoms with Crippen molar-refractivity contribution in [1.82, 2.24) is 9.97 Å². The van der Waals surface area contributed by atoms with Crippen LogP contribution in [0.2, 0.25) is 10.0 Å². The van der Waals surface area contributed by atoms with Crippen LogP contribution in [0.15, 0.2) is 54.7 Å². The maximum atomic E-state index is 10.7. The van der Waals surface area contributed by atoms with E-state index in [1.807, 2.05) is 30.3 Å². The Bertz CT molecular complexity index is 925. The number of anilines is 1. The number of hydrogen-bond acceptors (Lipinski definition) is 4. The molecule has 0 saturated heterocycles. The number of aliphatic carboxylic acids is 1. The third-order valence-corrected chi connectivity index (χ3v) is 4.13. The molecule has 1 aromatic heterocycles. The van der Waals surface area contributed by atoms with E-state index in [1.54, 1.807) is 24.4 Å². The molecule has 0 aliphatic heterocycles. The van der Waals surface area contributed by atoms with Crippen molar-refractivity contribution in [2.75, 3.05) is 11.9 Å². The molecule has 0 unspecified atom stereocenters. The molecule has 1 heterocycles. The lowest BCUT2D eigenvalue weighted by Crippen LogP contribution is -2.12. The first kappa shape index (κ1) is 21.3. The zero-order valence-corrected chi connectivity index (χ0v) is 16.2. The summed E-state index contributed by atoms with van der Waals surface area (Å²) in [6.45, 7) is 0.358. The maximum Gasteiger partial charge on any atom is 0.305 e. The van der Waals surface area contributed by atoms with Crippen LogP contribution in [-0.4, -0.2) is 33.5 Å². The van der Waals surface area contributed by atoms with Gasteiger partial charge in [-0.15, -0.1) is 0 Å². The van der Waals surface area contributed by atoms with Crippen LogP contribution in [0, 0.1) is 0 Å². The van der Waals surface area contributed by atoms with Gasteiger partial charge in [-0.25, -0.2) is 4.98 Å². The molecule has 9 heteroatoms. The van der Waals surface area contributed by atoms with Gasteiger partial charge in [-0.05, 0) is 17.7 Å². The molecule has 0 atom stereocenters. The summed E-state index contributed by atoms with van der Waals surface area (Å²) in [5.41, 5.74) is 7.14. The SMILES string of the molecule is NC(=O)c1c(Cl)cccc1Cl.O=C(O)CCNc1ncc(-c2ccccc2)[nH]1. The van der Waals surface area contributed by atoms with Crippen LogP contribution >= 0.6 is 23.2 Å². The number of primary amides is 1. The molecule has 1 amide bonds. The third-order valence-electron chi connectivity index (χ3n) is 3.50. The van der Waals surface area contributed by atoms with Crippen LogP contribution in [0.1, 0.15) is 16.8 Å². The number of carboxylic acids is 1. The molecule has 0 radical (unpaired) electrons. The molecule has 3 rings (SSSR count). The average Bonchev–Trinajstić information content (AvgIpc) is 3.11. The van der Waals surface area contributed by atoms with Crippen molar-refractivity contribution in [2.24, 2.45) is 5.73 Å². The van der Waals surface area contributed by atoms with Crippen LogP contribution in [0.4, 0.5) is 5.95 Å². The average molecular weight is 421 g/mol. The normalized spacial score (nSPS) is 9.93. The molecule has 2 aromatic carbocycles. The largest absolute Gasteiger partial charge is 0.481 e. The fourth-order valence-electron chi connectivity index (χ4n) is 2.20. The van der Waals surface area contributed by atoms with Crippen molar-refractivity contribution in [3.63, 3.8) is 0 Å². The van der Waals surface area contributed by atoms with Gasteiger partial charge >= 0.3 is 5.97 Å². The molecule has 0 aliphatic rings. The Kier molecular flexibility index (Phi) is 7.86. The standard InChI is InChI=1S/C12H13N3O2.C7H5Cl2NO/c16-11(17)6-7-13-12-14-8-10(15-12)9-4-2-1-3-5-9;8-4-2-1-3-5(9)6(4)7(10)11/h1-5,8H,6-7H2,(H,16,17)(H2,13,14,15);1-3H,(H2,10,11). The fourth-order valence-corrected chi connectivity index (χ4v) is 2.78. The van der Waals surface area contributed by atoms with Crippen molar-refractivity contribution in [3.8, 4) is 11.3 Å². The number of nitrogens with one attached hydrogen (secondary N) is 2. The fraction of sp³-hybridized carbons (Fsp3) is 0.105. The highest BCUT2D eigenvalue weighted by molar-refractivity contribution is 6.39. The smallest absolute Gasteiger partial charge is 0.305 e. The summed E-state index contributed by atoms with van der Waals surface area (Å²) in [4.78, 5) is 28.3. The molecule has 0 fully saturated rings. The Morgan fingerprint density at radius 2 is 1.71 bits per heavy atom. The molecule has 3 aromatic rings. The van der Waals surface area contributed by atoms with Crippen LogP contribution < -0.4 is 11.1 Å². The molecule has 146 valence electrons. The highest BCUT2D eigenvalue weighted by atomic mass is 35.5. The lowest BCUT2D eigenvalue weighted by Gasteiger charge is -2.00. The minimum absolute atomic E-state index is 0.0708. The second kappa shape index (κ2) is 10.3. The number of carbonyl (C=O) groups excluding carboxylic acids is 1. The number of amides is 1. The van der Waals surface area contributed by atoms with Gasteiger partial charge in [0.2, 0.25) is 5.95 Å². The Labute approximate surface area is 171 Å². The highest BCUT2D eigenvalue weighted by Crippen LogP contribution is 2.23. The lowest BCUT2D eigenvalue weighted by molar-refractivity contribution is -0.136. The van der Waals surface area contributed by atoms with Gasteiger partial charge in [0, 0.05) is 6.54 Å². The molecular formula is C19H18Cl2N4O3. The van der Waals surface area contributed by atoms with Gasteiger partial charge in [0.15, 0.2) is 0 Å². The molecule has 0 saturated carbocycles. The van der Waals surface area contributed by atoms with Gasteiger partial charge in [0.1, 0.15) is 0 Å². The number of H-pyrrole nitrogens is 1. The van der Waals surface area contributed by atoms with Crippen LogP contribution in [0.3, 0.4) is 0 Å². The zero-order valence-electron chi connectivity index (χ0n) is 14.7. The van der Waals surface area contributed by atoms with Gasteiger partial charge in [0.05, 0.1) is 33.9 Å². The highest BCUT2D eigenvalue weighted by Gasteiger charge is 2.09. The number of imidazole rings is 1. The third kappa shape index (κ3) is 6.29. The number of aromatic nitrogens is 2. The minimum atomic E-state index is -0.827. The summed E-state index contributed by atoms with van der Waals surface area (Å²) in [7, 11) is 0. The molecular weight excluding hydrogens is 403 g/mol. The van der Waals surface area contributed by atoms with Crippen LogP contribution in [0.5, 0.6) is 0 Å². The number of hydrogen-bond donors (Lipinski definition) is 4. The molecule has 7 nitrogen and oxygen atoms in total. The number of carboxylic acid groups (broad SMARTS) is 1. The van der Waals surface area contributed by atoms with E-state index in [2.05, 4.69) is 15.3 Å². The summed E-state index contributed by atoms with van der Waals surface area (Å²) in [6, 6.07) is 14.6. The van der Waals surface area contributed by atoms with E-state index >= 15 is 0 Å². The first-order valence-corrected chi connectivity index (χ1v) is 8.94. The van der Waals surface area contributed by atoms with E-state index in [4.69, 9.17) is 34.0 Å². The molecule has 0 spiro atoms. The second-order valence-electron chi connectivity index (χ2n) is 5.54. The Balaban J connectivity index is 0.000000221. The van der Waals surface area contributed by atoms with Crippen molar-refractivity contribution in [3.05, 3.63) is 70.3 Å². The van der Waals surface area contributed by atoms with E-state index in [9.17, 15) is 9.59 Å². The van der Waals surface area contributed by atoms with Crippen molar-refractivity contribution in [1.29, 1.82) is 0 Å². The first-order valence-electron chi connectivity index (χ1n) is 8.18. The number of aromatic amines is 1. The first-order chi connectivity index (χ1) is 13.4. The summed E-state index contributed by atoms with van der Waals surface area (Å²) in [5, 5.41) is 12.0. The summed E-state index contributed by atoms with van der Waals surface area (Å²) >= 11 is 11.3. The summed E-state index contributed by atoms with van der Waals surface area (Å²) in [6.07, 6.45) is 1.79. The molecule has 0 bridgehead atoms. The second-order valence-corrected chi connectivity index (χ2v) is 6.36. The number of nitrogens with two attached hydrogens (primary N) is 1. The van der Waals surface area contributed by atoms with E-state index in [0.29, 0.717) is 12.5 Å². The van der Waals surface area contributed by atoms with E-state index < -0.39 is 11.9 Å². The predicted octanol–water partition coefficient (Wildman–Crippen LogP) is 4.06. The predicted molar refractivity (Wildman–Crippen MR) is 110 cm³/mol. The number of benzene rings is 2. The van der Waals surface area contributed by atoms with Crippen molar-refractivity contribution >= 4 is 41.0 Å². The lowest BCUT2D eigenvalue weighted by atomic mass is 10.2. The number of rotatable bonds is 6. The van der Waals surface area contributed by atoms with Crippen LogP contribution in [0.25, 0.3) is 11.3 Å². The van der Waals surface area contributed by atoms with Gasteiger partial charge in [-0.2, -0.15) is 0 Å². The molecule has 0 aliphatic carbocycles.